The number of epoxide rings is 1. The lowest BCUT2D eigenvalue weighted by molar-refractivity contribution is 0.415. The van der Waals surface area contributed by atoms with Crippen molar-refractivity contribution >= 4 is 10.1 Å². The van der Waals surface area contributed by atoms with Gasteiger partial charge in [-0.15, -0.1) is 0 Å². The number of hydrogen-bond acceptors (Lipinski definition) is 4. The second kappa shape index (κ2) is 8.53. The van der Waals surface area contributed by atoms with E-state index in [0.717, 1.165) is 6.42 Å². The van der Waals surface area contributed by atoms with Gasteiger partial charge in [0.05, 0.1) is 6.61 Å². The van der Waals surface area contributed by atoms with Crippen LogP contribution in [0.3, 0.4) is 0 Å². The smallest absolute Gasteiger partial charge is 0.339 e. The molecule has 4 nitrogen and oxygen atoms in total. The molecule has 0 saturated carbocycles. The van der Waals surface area contributed by atoms with Crippen LogP contribution in [0.25, 0.3) is 0 Å². The summed E-state index contributed by atoms with van der Waals surface area (Å²) in [6.07, 6.45) is 10.1. The summed E-state index contributed by atoms with van der Waals surface area (Å²) in [6.45, 7) is 2.47. The zero-order valence-electron chi connectivity index (χ0n) is 13.3. The lowest BCUT2D eigenvalue weighted by Crippen LogP contribution is -2.15. The van der Waals surface area contributed by atoms with Crippen molar-refractivity contribution in [2.45, 2.75) is 63.7 Å². The predicted octanol–water partition coefficient (Wildman–Crippen LogP) is 4.04. The normalized spacial score (nSPS) is 17.4. The minimum absolute atomic E-state index is 0.235. The maximum atomic E-state index is 11.6. The van der Waals surface area contributed by atoms with Gasteiger partial charge in [0, 0.05) is 0 Å². The Balaban J connectivity index is 1.66. The number of ether oxygens (including phenoxy) is 1. The lowest BCUT2D eigenvalue weighted by Gasteiger charge is -2.06. The lowest BCUT2D eigenvalue weighted by atomic mass is 10.0. The van der Waals surface area contributed by atoms with Gasteiger partial charge in [0.1, 0.15) is 5.75 Å². The van der Waals surface area contributed by atoms with Crippen molar-refractivity contribution in [2.75, 3.05) is 6.61 Å². The fraction of sp³-hybridized carbons (Fsp3) is 0.647. The highest BCUT2D eigenvalue weighted by Gasteiger charge is 2.39. The first-order valence-electron chi connectivity index (χ1n) is 8.25. The van der Waals surface area contributed by atoms with Crippen LogP contribution in [-0.2, 0) is 21.3 Å². The van der Waals surface area contributed by atoms with Crippen molar-refractivity contribution in [2.24, 2.45) is 0 Å². The van der Waals surface area contributed by atoms with Crippen molar-refractivity contribution in [3.05, 3.63) is 29.8 Å². The molecule has 1 aliphatic heterocycles. The molecule has 0 spiro atoms. The molecule has 1 atom stereocenters. The molecule has 1 heterocycles. The summed E-state index contributed by atoms with van der Waals surface area (Å²) in [5.41, 5.74) is 0.445. The van der Waals surface area contributed by atoms with E-state index in [9.17, 15) is 8.42 Å². The van der Waals surface area contributed by atoms with Gasteiger partial charge in [0.15, 0.2) is 0 Å². The predicted molar refractivity (Wildman–Crippen MR) is 87.4 cm³/mol. The molecule has 1 saturated heterocycles. The fourth-order valence-electron chi connectivity index (χ4n) is 2.39. The molecule has 0 radical (unpaired) electrons. The largest absolute Gasteiger partial charge is 0.381 e. The minimum atomic E-state index is -3.61. The Kier molecular flexibility index (Phi) is 6.70. The Hall–Kier alpha value is -1.07. The quantitative estimate of drug-likeness (QED) is 0.350. The molecule has 124 valence electrons. The summed E-state index contributed by atoms with van der Waals surface area (Å²) >= 11 is 0. The van der Waals surface area contributed by atoms with Crippen LogP contribution >= 0.6 is 0 Å². The summed E-state index contributed by atoms with van der Waals surface area (Å²) in [7, 11) is -3.61. The van der Waals surface area contributed by atoms with Crippen LogP contribution in [0.15, 0.2) is 24.3 Å². The molecule has 0 aliphatic carbocycles. The molecular weight excluding hydrogens is 300 g/mol. The van der Waals surface area contributed by atoms with Crippen molar-refractivity contribution in [1.29, 1.82) is 0 Å². The second-order valence-electron chi connectivity index (χ2n) is 5.85. The highest BCUT2D eigenvalue weighted by atomic mass is 32.2. The van der Waals surface area contributed by atoms with E-state index < -0.39 is 15.6 Å². The van der Waals surface area contributed by atoms with Gasteiger partial charge in [0.2, 0.25) is 5.44 Å². The van der Waals surface area contributed by atoms with Crippen LogP contribution in [0, 0.1) is 0 Å². The monoisotopic (exact) mass is 326 g/mol. The molecular formula is C17H26O4S. The van der Waals surface area contributed by atoms with Gasteiger partial charge in [-0.2, -0.15) is 8.42 Å². The molecule has 22 heavy (non-hydrogen) atoms. The molecule has 1 aliphatic rings. The third kappa shape index (κ3) is 5.97. The van der Waals surface area contributed by atoms with E-state index in [4.69, 9.17) is 8.92 Å². The van der Waals surface area contributed by atoms with Gasteiger partial charge >= 0.3 is 10.1 Å². The third-order valence-corrected chi connectivity index (χ3v) is 5.17. The van der Waals surface area contributed by atoms with E-state index in [1.54, 1.807) is 12.1 Å². The van der Waals surface area contributed by atoms with Crippen LogP contribution in [0.2, 0.25) is 0 Å². The Labute approximate surface area is 134 Å². The molecule has 0 amide bonds. The molecule has 1 fully saturated rings. The number of benzene rings is 1. The Bertz CT molecular complexity index is 532. The van der Waals surface area contributed by atoms with Gasteiger partial charge in [-0.1, -0.05) is 57.6 Å². The Morgan fingerprint density at radius 2 is 1.64 bits per heavy atom. The minimum Gasteiger partial charge on any atom is -0.381 e. The summed E-state index contributed by atoms with van der Waals surface area (Å²) in [5, 5.41) is 0. The van der Waals surface area contributed by atoms with E-state index in [-0.39, 0.29) is 6.61 Å². The van der Waals surface area contributed by atoms with Gasteiger partial charge in [-0.3, -0.25) is 0 Å². The first kappa shape index (κ1) is 17.3. The van der Waals surface area contributed by atoms with Gasteiger partial charge in [-0.25, -0.2) is 0 Å². The van der Waals surface area contributed by atoms with E-state index in [1.807, 2.05) is 12.1 Å². The van der Waals surface area contributed by atoms with Gasteiger partial charge in [-0.05, 0) is 30.5 Å². The summed E-state index contributed by atoms with van der Waals surface area (Å²) in [4.78, 5) is 0. The van der Waals surface area contributed by atoms with E-state index in [2.05, 4.69) is 6.92 Å². The topological polar surface area (TPSA) is 55.9 Å². The first-order valence-corrected chi connectivity index (χ1v) is 9.73. The molecule has 1 aromatic carbocycles. The fourth-order valence-corrected chi connectivity index (χ4v) is 3.29. The molecule has 0 bridgehead atoms. The third-order valence-electron chi connectivity index (χ3n) is 3.83. The maximum Gasteiger partial charge on any atom is 0.339 e. The average molecular weight is 326 g/mol. The Morgan fingerprint density at radius 1 is 1.05 bits per heavy atom. The zero-order chi connectivity index (χ0) is 15.8. The number of unbranched alkanes of at least 4 members (excludes halogenated alkanes) is 6. The molecule has 2 rings (SSSR count). The SMILES string of the molecule is CCCCCCCCCc1ccc(OS(=O)(=O)C2CO2)cc1. The summed E-state index contributed by atoms with van der Waals surface area (Å²) in [6, 6.07) is 7.32. The highest BCUT2D eigenvalue weighted by Crippen LogP contribution is 2.23. The van der Waals surface area contributed by atoms with E-state index in [1.165, 1.54) is 50.5 Å². The standard InChI is InChI=1S/C17H26O4S/c1-2-3-4-5-6-7-8-9-15-10-12-16(13-11-15)21-22(18,19)17-14-20-17/h10-13,17H,2-9,14H2,1H3. The van der Waals surface area contributed by atoms with Crippen LogP contribution in [-0.4, -0.2) is 20.5 Å². The van der Waals surface area contributed by atoms with E-state index >= 15 is 0 Å². The van der Waals surface area contributed by atoms with Crippen LogP contribution in [0.4, 0.5) is 0 Å². The van der Waals surface area contributed by atoms with Crippen molar-refractivity contribution < 1.29 is 17.3 Å². The maximum absolute atomic E-state index is 11.6. The highest BCUT2D eigenvalue weighted by molar-refractivity contribution is 7.87. The number of aryl methyl sites for hydroxylation is 1. The van der Waals surface area contributed by atoms with Crippen molar-refractivity contribution in [3.63, 3.8) is 0 Å². The molecule has 5 heteroatoms. The number of hydrogen-bond donors (Lipinski definition) is 0. The van der Waals surface area contributed by atoms with Crippen LogP contribution < -0.4 is 4.18 Å². The second-order valence-corrected chi connectivity index (χ2v) is 7.53. The van der Waals surface area contributed by atoms with Crippen LogP contribution in [0.1, 0.15) is 57.4 Å². The van der Waals surface area contributed by atoms with E-state index in [0.29, 0.717) is 5.75 Å². The van der Waals surface area contributed by atoms with Gasteiger partial charge < -0.3 is 8.92 Å². The van der Waals surface area contributed by atoms with Crippen molar-refractivity contribution in [1.82, 2.24) is 0 Å². The average Bonchev–Trinajstić information content (AvgIpc) is 3.33. The first-order chi connectivity index (χ1) is 10.6. The molecule has 1 aromatic rings. The molecule has 0 N–H and O–H groups in total. The zero-order valence-corrected chi connectivity index (χ0v) is 14.1. The molecule has 0 aromatic heterocycles. The Morgan fingerprint density at radius 3 is 2.23 bits per heavy atom. The molecule has 1 unspecified atom stereocenters. The van der Waals surface area contributed by atoms with Crippen LogP contribution in [0.5, 0.6) is 5.75 Å². The number of rotatable bonds is 11. The van der Waals surface area contributed by atoms with Gasteiger partial charge in [0.25, 0.3) is 0 Å². The van der Waals surface area contributed by atoms with Crippen molar-refractivity contribution in [3.8, 4) is 5.75 Å². The summed E-state index contributed by atoms with van der Waals surface area (Å²) < 4.78 is 33.0. The summed E-state index contributed by atoms with van der Waals surface area (Å²) in [5.74, 6) is 0.360.